The van der Waals surface area contributed by atoms with Crippen LogP contribution in [0.2, 0.25) is 0 Å². The number of fused-ring (bicyclic) bond motifs is 1. The van der Waals surface area contributed by atoms with Crippen molar-refractivity contribution in [3.63, 3.8) is 0 Å². The van der Waals surface area contributed by atoms with E-state index in [2.05, 4.69) is 0 Å². The third kappa shape index (κ3) is 1.56. The largest absolute Gasteiger partial charge is 0.480 e. The van der Waals surface area contributed by atoms with Crippen molar-refractivity contribution in [1.29, 1.82) is 0 Å². The van der Waals surface area contributed by atoms with Crippen LogP contribution >= 0.6 is 0 Å². The number of rotatable bonds is 3. The molecule has 3 aliphatic rings. The summed E-state index contributed by atoms with van der Waals surface area (Å²) in [6.45, 7) is 0. The molecular formula is C13H21NO2. The summed E-state index contributed by atoms with van der Waals surface area (Å²) in [6, 6.07) is -0.638. The number of nitrogens with two attached hydrogens (primary N) is 1. The lowest BCUT2D eigenvalue weighted by Crippen LogP contribution is -2.39. The van der Waals surface area contributed by atoms with E-state index in [0.717, 1.165) is 23.7 Å². The molecule has 0 aromatic heterocycles. The van der Waals surface area contributed by atoms with Gasteiger partial charge >= 0.3 is 5.97 Å². The molecule has 3 N–H and O–H groups in total. The van der Waals surface area contributed by atoms with Gasteiger partial charge in [-0.15, -0.1) is 0 Å². The van der Waals surface area contributed by atoms with Gasteiger partial charge < -0.3 is 10.8 Å². The maximum Gasteiger partial charge on any atom is 0.320 e. The first-order valence-corrected chi connectivity index (χ1v) is 6.63. The molecule has 2 bridgehead atoms. The van der Waals surface area contributed by atoms with Crippen molar-refractivity contribution in [3.05, 3.63) is 0 Å². The third-order valence-electron chi connectivity index (χ3n) is 5.39. The summed E-state index contributed by atoms with van der Waals surface area (Å²) >= 11 is 0. The van der Waals surface area contributed by atoms with Gasteiger partial charge in [-0.05, 0) is 68.1 Å². The molecule has 3 aliphatic carbocycles. The van der Waals surface area contributed by atoms with E-state index in [0.29, 0.717) is 12.3 Å². The molecule has 3 fully saturated rings. The highest BCUT2D eigenvalue weighted by Crippen LogP contribution is 2.59. The average molecular weight is 223 g/mol. The number of hydrogen-bond acceptors (Lipinski definition) is 2. The van der Waals surface area contributed by atoms with Crippen LogP contribution in [0.4, 0.5) is 0 Å². The van der Waals surface area contributed by atoms with Crippen LogP contribution < -0.4 is 5.73 Å². The molecule has 6 unspecified atom stereocenters. The summed E-state index contributed by atoms with van der Waals surface area (Å²) in [5, 5.41) is 8.89. The molecule has 0 amide bonds. The second-order valence-corrected chi connectivity index (χ2v) is 6.18. The Morgan fingerprint density at radius 3 is 2.69 bits per heavy atom. The second-order valence-electron chi connectivity index (χ2n) is 6.18. The predicted molar refractivity (Wildman–Crippen MR) is 60.8 cm³/mol. The highest BCUT2D eigenvalue weighted by molar-refractivity contribution is 5.73. The normalized spacial score (nSPS) is 46.9. The summed E-state index contributed by atoms with van der Waals surface area (Å²) in [4.78, 5) is 10.8. The highest BCUT2D eigenvalue weighted by atomic mass is 16.4. The Kier molecular flexibility index (Phi) is 2.46. The molecule has 0 aliphatic heterocycles. The first-order chi connectivity index (χ1) is 7.65. The molecule has 0 heterocycles. The Morgan fingerprint density at radius 2 is 2.00 bits per heavy atom. The second kappa shape index (κ2) is 3.73. The number of hydrogen-bond donors (Lipinski definition) is 2. The lowest BCUT2D eigenvalue weighted by atomic mass is 9.64. The van der Waals surface area contributed by atoms with Crippen LogP contribution in [0.25, 0.3) is 0 Å². The van der Waals surface area contributed by atoms with E-state index in [1.54, 1.807) is 0 Å². The Bertz CT molecular complexity index is 304. The maximum absolute atomic E-state index is 10.8. The Hall–Kier alpha value is -0.570. The number of carbonyl (C=O) groups is 1. The molecule has 0 aromatic carbocycles. The lowest BCUT2D eigenvalue weighted by molar-refractivity contribution is -0.139. The molecule has 3 saturated carbocycles. The molecule has 3 rings (SSSR count). The van der Waals surface area contributed by atoms with Crippen molar-refractivity contribution in [1.82, 2.24) is 0 Å². The first kappa shape index (κ1) is 10.6. The maximum atomic E-state index is 10.8. The van der Waals surface area contributed by atoms with Gasteiger partial charge in [-0.2, -0.15) is 0 Å². The zero-order valence-electron chi connectivity index (χ0n) is 9.64. The lowest BCUT2D eigenvalue weighted by Gasteiger charge is -2.41. The van der Waals surface area contributed by atoms with Crippen molar-refractivity contribution >= 4 is 5.97 Å². The summed E-state index contributed by atoms with van der Waals surface area (Å²) < 4.78 is 0. The van der Waals surface area contributed by atoms with Gasteiger partial charge in [0.1, 0.15) is 6.04 Å². The van der Waals surface area contributed by atoms with Gasteiger partial charge in [-0.1, -0.05) is 0 Å². The van der Waals surface area contributed by atoms with Crippen molar-refractivity contribution in [3.8, 4) is 0 Å². The van der Waals surface area contributed by atoms with Gasteiger partial charge in [-0.3, -0.25) is 4.79 Å². The van der Waals surface area contributed by atoms with Crippen LogP contribution in [0.1, 0.15) is 38.5 Å². The zero-order chi connectivity index (χ0) is 11.3. The molecule has 6 atom stereocenters. The van der Waals surface area contributed by atoms with Gasteiger partial charge in [0.05, 0.1) is 0 Å². The standard InChI is InChI=1S/C13H21NO2/c14-12(13(15)16)6-9-2-1-8-3-7-4-10(8)11(9)5-7/h7-12H,1-6,14H2,(H,15,16). The van der Waals surface area contributed by atoms with Gasteiger partial charge in [0.2, 0.25) is 0 Å². The molecular weight excluding hydrogens is 202 g/mol. The number of aliphatic carboxylic acids is 1. The summed E-state index contributed by atoms with van der Waals surface area (Å²) in [6.07, 6.45) is 7.50. The van der Waals surface area contributed by atoms with Gasteiger partial charge in [0, 0.05) is 0 Å². The molecule has 0 spiro atoms. The van der Waals surface area contributed by atoms with Crippen LogP contribution in [0.5, 0.6) is 0 Å². The third-order valence-corrected chi connectivity index (χ3v) is 5.39. The van der Waals surface area contributed by atoms with Gasteiger partial charge in [0.15, 0.2) is 0 Å². The van der Waals surface area contributed by atoms with E-state index in [1.165, 1.54) is 32.1 Å². The topological polar surface area (TPSA) is 63.3 Å². The van der Waals surface area contributed by atoms with E-state index in [9.17, 15) is 4.79 Å². The monoisotopic (exact) mass is 223 g/mol. The van der Waals surface area contributed by atoms with Crippen molar-refractivity contribution in [2.45, 2.75) is 44.6 Å². The highest BCUT2D eigenvalue weighted by Gasteiger charge is 2.51. The summed E-state index contributed by atoms with van der Waals surface area (Å²) in [5.41, 5.74) is 5.68. The predicted octanol–water partition coefficient (Wildman–Crippen LogP) is 1.86. The smallest absolute Gasteiger partial charge is 0.320 e. The van der Waals surface area contributed by atoms with Crippen molar-refractivity contribution in [2.75, 3.05) is 0 Å². The van der Waals surface area contributed by atoms with E-state index in [-0.39, 0.29) is 0 Å². The molecule has 0 radical (unpaired) electrons. The van der Waals surface area contributed by atoms with E-state index in [4.69, 9.17) is 10.8 Å². The SMILES string of the molecule is NC(CC1CCC2CC3CC2C1C3)C(=O)O. The first-order valence-electron chi connectivity index (χ1n) is 6.63. The van der Waals surface area contributed by atoms with Crippen LogP contribution in [-0.4, -0.2) is 17.1 Å². The van der Waals surface area contributed by atoms with E-state index < -0.39 is 12.0 Å². The fraction of sp³-hybridized carbons (Fsp3) is 0.923. The summed E-state index contributed by atoms with van der Waals surface area (Å²) in [7, 11) is 0. The average Bonchev–Trinajstić information content (AvgIpc) is 2.81. The minimum absolute atomic E-state index is 0.595. The summed E-state index contributed by atoms with van der Waals surface area (Å²) in [5.74, 6) is 3.43. The zero-order valence-corrected chi connectivity index (χ0v) is 9.64. The van der Waals surface area contributed by atoms with Gasteiger partial charge in [-0.25, -0.2) is 0 Å². The minimum atomic E-state index is -0.828. The Morgan fingerprint density at radius 1 is 1.25 bits per heavy atom. The fourth-order valence-corrected chi connectivity index (χ4v) is 4.79. The Balaban J connectivity index is 1.67. The number of carboxylic acid groups (broad SMARTS) is 1. The molecule has 90 valence electrons. The van der Waals surface area contributed by atoms with Gasteiger partial charge in [0.25, 0.3) is 0 Å². The van der Waals surface area contributed by atoms with E-state index >= 15 is 0 Å². The van der Waals surface area contributed by atoms with Crippen molar-refractivity contribution < 1.29 is 9.90 Å². The van der Waals surface area contributed by atoms with Crippen LogP contribution in [0.15, 0.2) is 0 Å². The molecule has 0 aromatic rings. The van der Waals surface area contributed by atoms with Crippen LogP contribution in [-0.2, 0) is 4.79 Å². The van der Waals surface area contributed by atoms with Crippen LogP contribution in [0.3, 0.4) is 0 Å². The minimum Gasteiger partial charge on any atom is -0.480 e. The Labute approximate surface area is 96.4 Å². The molecule has 3 nitrogen and oxygen atoms in total. The molecule has 3 heteroatoms. The van der Waals surface area contributed by atoms with Crippen molar-refractivity contribution in [2.24, 2.45) is 35.3 Å². The fourth-order valence-electron chi connectivity index (χ4n) is 4.79. The molecule has 0 saturated heterocycles. The quantitative estimate of drug-likeness (QED) is 0.767. The number of carboxylic acids is 1. The molecule has 16 heavy (non-hydrogen) atoms. The van der Waals surface area contributed by atoms with Crippen LogP contribution in [0, 0.1) is 29.6 Å². The van der Waals surface area contributed by atoms with E-state index in [1.807, 2.05) is 0 Å².